The van der Waals surface area contributed by atoms with Crippen LogP contribution in [-0.4, -0.2) is 19.9 Å². The third-order valence-electron chi connectivity index (χ3n) is 3.82. The van der Waals surface area contributed by atoms with Crippen LogP contribution in [0.25, 0.3) is 34.1 Å². The molecule has 25 heavy (non-hydrogen) atoms. The lowest BCUT2D eigenvalue weighted by Gasteiger charge is -2.03. The van der Waals surface area contributed by atoms with E-state index in [1.165, 1.54) is 18.2 Å². The molecule has 2 aromatic heterocycles. The molecule has 0 aliphatic heterocycles. The first-order valence-electron chi connectivity index (χ1n) is 7.50. The van der Waals surface area contributed by atoms with Crippen molar-refractivity contribution < 1.29 is 8.91 Å². The maximum atomic E-state index is 13.5. The van der Waals surface area contributed by atoms with E-state index in [-0.39, 0.29) is 5.89 Å². The number of benzene rings is 2. The molecule has 7 heteroatoms. The van der Waals surface area contributed by atoms with Gasteiger partial charge in [0.2, 0.25) is 5.82 Å². The first-order valence-corrected chi connectivity index (χ1v) is 7.87. The van der Waals surface area contributed by atoms with Crippen LogP contribution >= 0.6 is 11.6 Å². The Kier molecular flexibility index (Phi) is 3.82. The predicted molar refractivity (Wildman–Crippen MR) is 92.3 cm³/mol. The summed E-state index contributed by atoms with van der Waals surface area (Å²) < 4.78 is 20.5. The number of aromatic nitrogens is 4. The molecule has 0 bridgehead atoms. The van der Waals surface area contributed by atoms with Crippen LogP contribution in [0.4, 0.5) is 4.39 Å². The summed E-state index contributed by atoms with van der Waals surface area (Å²) in [5.41, 5.74) is 3.09. The molecule has 0 fully saturated rings. The molecule has 0 aliphatic rings. The molecule has 0 amide bonds. The van der Waals surface area contributed by atoms with E-state index < -0.39 is 5.82 Å². The largest absolute Gasteiger partial charge is 0.334 e. The fraction of sp³-hybridized carbons (Fsp3) is 0.0556. The number of hydrogen-bond donors (Lipinski definition) is 0. The lowest BCUT2D eigenvalue weighted by molar-refractivity contribution is 0.432. The van der Waals surface area contributed by atoms with E-state index in [0.29, 0.717) is 16.4 Å². The van der Waals surface area contributed by atoms with Gasteiger partial charge in [-0.2, -0.15) is 10.1 Å². The van der Waals surface area contributed by atoms with Gasteiger partial charge in [-0.1, -0.05) is 35.0 Å². The molecule has 2 aromatic carbocycles. The second kappa shape index (κ2) is 6.14. The highest BCUT2D eigenvalue weighted by molar-refractivity contribution is 6.33. The Morgan fingerprint density at radius 1 is 1.08 bits per heavy atom. The van der Waals surface area contributed by atoms with Gasteiger partial charge in [0, 0.05) is 24.4 Å². The third kappa shape index (κ3) is 2.92. The predicted octanol–water partition coefficient (Wildman–Crippen LogP) is 4.60. The fourth-order valence-corrected chi connectivity index (χ4v) is 2.78. The van der Waals surface area contributed by atoms with Crippen LogP contribution < -0.4 is 0 Å². The van der Waals surface area contributed by atoms with Crippen LogP contribution in [0, 0.1) is 5.82 Å². The second-order valence-electron chi connectivity index (χ2n) is 5.47. The van der Waals surface area contributed by atoms with Crippen molar-refractivity contribution in [3.63, 3.8) is 0 Å². The number of rotatable bonds is 3. The summed E-state index contributed by atoms with van der Waals surface area (Å²) in [5, 5.41) is 8.51. The van der Waals surface area contributed by atoms with E-state index in [2.05, 4.69) is 15.2 Å². The van der Waals surface area contributed by atoms with Gasteiger partial charge >= 0.3 is 0 Å². The Hall–Kier alpha value is -2.99. The SMILES string of the molecule is Cn1nccc1-c1cccc(-c2noc(-c3cc(F)ccc3Cl)n2)c1. The van der Waals surface area contributed by atoms with Crippen LogP contribution in [0.5, 0.6) is 0 Å². The van der Waals surface area contributed by atoms with Gasteiger partial charge in [-0.15, -0.1) is 0 Å². The van der Waals surface area contributed by atoms with Crippen molar-refractivity contribution in [2.45, 2.75) is 0 Å². The lowest BCUT2D eigenvalue weighted by Crippen LogP contribution is -1.93. The molecule has 0 aliphatic carbocycles. The van der Waals surface area contributed by atoms with Gasteiger partial charge in [0.15, 0.2) is 0 Å². The van der Waals surface area contributed by atoms with Crippen LogP contribution in [0.15, 0.2) is 59.3 Å². The zero-order valence-corrected chi connectivity index (χ0v) is 13.9. The van der Waals surface area contributed by atoms with Crippen LogP contribution in [0.2, 0.25) is 5.02 Å². The minimum Gasteiger partial charge on any atom is -0.334 e. The molecular formula is C18H12ClFN4O. The monoisotopic (exact) mass is 354 g/mol. The summed E-state index contributed by atoms with van der Waals surface area (Å²) in [7, 11) is 1.88. The van der Waals surface area contributed by atoms with Crippen molar-refractivity contribution in [1.82, 2.24) is 19.9 Å². The van der Waals surface area contributed by atoms with Crippen molar-refractivity contribution in [3.05, 3.63) is 65.6 Å². The van der Waals surface area contributed by atoms with Crippen molar-refractivity contribution in [2.75, 3.05) is 0 Å². The number of aryl methyl sites for hydroxylation is 1. The summed E-state index contributed by atoms with van der Waals surface area (Å²) in [4.78, 5) is 4.35. The van der Waals surface area contributed by atoms with E-state index >= 15 is 0 Å². The fourth-order valence-electron chi connectivity index (χ4n) is 2.59. The topological polar surface area (TPSA) is 56.7 Å². The van der Waals surface area contributed by atoms with Gasteiger partial charge in [0.25, 0.3) is 5.89 Å². The molecule has 0 N–H and O–H groups in total. The highest BCUT2D eigenvalue weighted by Gasteiger charge is 2.15. The van der Waals surface area contributed by atoms with Gasteiger partial charge in [0.1, 0.15) is 5.82 Å². The molecule has 2 heterocycles. The van der Waals surface area contributed by atoms with E-state index in [4.69, 9.17) is 16.1 Å². The summed E-state index contributed by atoms with van der Waals surface area (Å²) in [5.74, 6) is 0.155. The quantitative estimate of drug-likeness (QED) is 0.539. The minimum atomic E-state index is -0.419. The van der Waals surface area contributed by atoms with Crippen molar-refractivity contribution in [1.29, 1.82) is 0 Å². The smallest absolute Gasteiger partial charge is 0.259 e. The van der Waals surface area contributed by atoms with Gasteiger partial charge in [-0.25, -0.2) is 4.39 Å². The normalized spacial score (nSPS) is 11.0. The average molecular weight is 355 g/mol. The first-order chi connectivity index (χ1) is 12.1. The standard InChI is InChI=1S/C18H12ClFN4O/c1-24-16(7-8-21-24)11-3-2-4-12(9-11)17-22-18(25-23-17)14-10-13(20)5-6-15(14)19/h2-10H,1H3. The maximum Gasteiger partial charge on any atom is 0.259 e. The summed E-state index contributed by atoms with van der Waals surface area (Å²) >= 11 is 6.09. The van der Waals surface area contributed by atoms with Crippen LogP contribution in [-0.2, 0) is 7.05 Å². The van der Waals surface area contributed by atoms with E-state index in [1.54, 1.807) is 10.9 Å². The summed E-state index contributed by atoms with van der Waals surface area (Å²) in [6.45, 7) is 0. The highest BCUT2D eigenvalue weighted by Crippen LogP contribution is 2.30. The van der Waals surface area contributed by atoms with E-state index in [0.717, 1.165) is 16.8 Å². The zero-order chi connectivity index (χ0) is 17.4. The Morgan fingerprint density at radius 2 is 1.92 bits per heavy atom. The van der Waals surface area contributed by atoms with Crippen molar-refractivity contribution in [2.24, 2.45) is 7.05 Å². The molecule has 4 aromatic rings. The molecule has 124 valence electrons. The van der Waals surface area contributed by atoms with E-state index in [1.807, 2.05) is 37.4 Å². The van der Waals surface area contributed by atoms with Gasteiger partial charge in [-0.05, 0) is 30.3 Å². The van der Waals surface area contributed by atoms with Gasteiger partial charge in [-0.3, -0.25) is 4.68 Å². The van der Waals surface area contributed by atoms with Crippen molar-refractivity contribution in [3.8, 4) is 34.1 Å². The molecular weight excluding hydrogens is 343 g/mol. The Balaban J connectivity index is 1.74. The molecule has 0 spiro atoms. The molecule has 0 atom stereocenters. The molecule has 0 unspecified atom stereocenters. The maximum absolute atomic E-state index is 13.5. The highest BCUT2D eigenvalue weighted by atomic mass is 35.5. The Morgan fingerprint density at radius 3 is 2.72 bits per heavy atom. The lowest BCUT2D eigenvalue weighted by atomic mass is 10.1. The van der Waals surface area contributed by atoms with Crippen LogP contribution in [0.1, 0.15) is 0 Å². The van der Waals surface area contributed by atoms with E-state index in [9.17, 15) is 4.39 Å². The average Bonchev–Trinajstić information content (AvgIpc) is 3.26. The summed E-state index contributed by atoms with van der Waals surface area (Å²) in [6, 6.07) is 13.6. The number of nitrogens with zero attached hydrogens (tertiary/aromatic N) is 4. The van der Waals surface area contributed by atoms with Crippen molar-refractivity contribution >= 4 is 11.6 Å². The van der Waals surface area contributed by atoms with Gasteiger partial charge in [0.05, 0.1) is 16.3 Å². The first kappa shape index (κ1) is 15.5. The van der Waals surface area contributed by atoms with Crippen LogP contribution in [0.3, 0.4) is 0 Å². The number of halogens is 2. The Bertz CT molecular complexity index is 1060. The molecule has 4 rings (SSSR count). The zero-order valence-electron chi connectivity index (χ0n) is 13.1. The molecule has 0 saturated carbocycles. The number of hydrogen-bond acceptors (Lipinski definition) is 4. The minimum absolute atomic E-state index is 0.172. The molecule has 0 saturated heterocycles. The summed E-state index contributed by atoms with van der Waals surface area (Å²) in [6.07, 6.45) is 1.74. The molecule has 0 radical (unpaired) electrons. The second-order valence-corrected chi connectivity index (χ2v) is 5.88. The van der Waals surface area contributed by atoms with Gasteiger partial charge < -0.3 is 4.52 Å². The molecule has 5 nitrogen and oxygen atoms in total. The Labute approximate surface area is 147 Å². The third-order valence-corrected chi connectivity index (χ3v) is 4.15.